The number of carbonyl (C=O) groups excluding carboxylic acids is 1. The molecule has 2 N–H and O–H groups in total. The summed E-state index contributed by atoms with van der Waals surface area (Å²) in [6, 6.07) is 0. The first kappa shape index (κ1) is 13.6. The summed E-state index contributed by atoms with van der Waals surface area (Å²) in [4.78, 5) is 11.3. The molecule has 0 aromatic rings. The summed E-state index contributed by atoms with van der Waals surface area (Å²) in [5.41, 5.74) is -4.21. The average Bonchev–Trinajstić information content (AvgIpc) is 2.63. The van der Waals surface area contributed by atoms with Crippen LogP contribution >= 0.6 is 11.8 Å². The van der Waals surface area contributed by atoms with Crippen molar-refractivity contribution in [1.29, 1.82) is 0 Å². The minimum absolute atomic E-state index is 0.0726. The van der Waals surface area contributed by atoms with Crippen LogP contribution in [0.15, 0.2) is 0 Å². The number of halogens is 3. The lowest BCUT2D eigenvalue weighted by Gasteiger charge is -2.09. The minimum atomic E-state index is -4.21. The van der Waals surface area contributed by atoms with Crippen LogP contribution in [0, 0.1) is 5.92 Å². The fourth-order valence-electron chi connectivity index (χ4n) is 1.58. The molecule has 1 aliphatic heterocycles. The Morgan fingerprint density at radius 2 is 2.25 bits per heavy atom. The van der Waals surface area contributed by atoms with Gasteiger partial charge in [0.05, 0.1) is 0 Å². The van der Waals surface area contributed by atoms with Gasteiger partial charge >= 0.3 is 5.51 Å². The Morgan fingerprint density at radius 1 is 1.50 bits per heavy atom. The Hall–Kier alpha value is -0.430. The molecule has 3 nitrogen and oxygen atoms in total. The van der Waals surface area contributed by atoms with Crippen LogP contribution < -0.4 is 10.6 Å². The van der Waals surface area contributed by atoms with E-state index >= 15 is 0 Å². The van der Waals surface area contributed by atoms with Gasteiger partial charge in [0, 0.05) is 18.7 Å². The Balaban J connectivity index is 2.02. The topological polar surface area (TPSA) is 41.1 Å². The van der Waals surface area contributed by atoms with Crippen molar-refractivity contribution in [2.24, 2.45) is 5.92 Å². The highest BCUT2D eigenvalue weighted by molar-refractivity contribution is 8.00. The molecule has 1 fully saturated rings. The number of hydrogen-bond acceptors (Lipinski definition) is 3. The smallest absolute Gasteiger partial charge is 0.355 e. The molecular formula is C9H15F3N2OS. The van der Waals surface area contributed by atoms with E-state index in [1.165, 1.54) is 0 Å². The van der Waals surface area contributed by atoms with Crippen LogP contribution in [0.2, 0.25) is 0 Å². The molecule has 1 saturated heterocycles. The lowest BCUT2D eigenvalue weighted by Crippen LogP contribution is -2.28. The number of alkyl halides is 3. The van der Waals surface area contributed by atoms with Gasteiger partial charge in [-0.1, -0.05) is 0 Å². The Morgan fingerprint density at radius 3 is 2.81 bits per heavy atom. The molecule has 1 rings (SSSR count). The number of carbonyl (C=O) groups is 1. The van der Waals surface area contributed by atoms with Gasteiger partial charge in [0.1, 0.15) is 0 Å². The molecule has 1 atom stereocenters. The fraction of sp³-hybridized carbons (Fsp3) is 0.889. The zero-order valence-electron chi connectivity index (χ0n) is 8.77. The zero-order chi connectivity index (χ0) is 12.0. The first-order valence-corrected chi connectivity index (χ1v) is 6.14. The second-order valence-corrected chi connectivity index (χ2v) is 4.87. The van der Waals surface area contributed by atoms with Gasteiger partial charge in [-0.3, -0.25) is 4.79 Å². The largest absolute Gasteiger partial charge is 0.441 e. The van der Waals surface area contributed by atoms with Crippen molar-refractivity contribution in [2.75, 3.05) is 25.4 Å². The molecule has 94 valence electrons. The lowest BCUT2D eigenvalue weighted by atomic mass is 10.1. The van der Waals surface area contributed by atoms with Gasteiger partial charge in [-0.25, -0.2) is 0 Å². The molecule has 1 unspecified atom stereocenters. The third-order valence-electron chi connectivity index (χ3n) is 2.33. The molecular weight excluding hydrogens is 241 g/mol. The van der Waals surface area contributed by atoms with E-state index in [9.17, 15) is 18.0 Å². The number of amides is 1. The molecule has 0 saturated carbocycles. The van der Waals surface area contributed by atoms with E-state index in [1.807, 2.05) is 0 Å². The van der Waals surface area contributed by atoms with Crippen molar-refractivity contribution in [3.8, 4) is 0 Å². The highest BCUT2D eigenvalue weighted by atomic mass is 32.2. The minimum Gasteiger partial charge on any atom is -0.355 e. The molecule has 1 aliphatic rings. The summed E-state index contributed by atoms with van der Waals surface area (Å²) < 4.78 is 35.2. The van der Waals surface area contributed by atoms with Gasteiger partial charge in [0.25, 0.3) is 0 Å². The summed E-state index contributed by atoms with van der Waals surface area (Å²) >= 11 is -0.109. The number of hydrogen-bond donors (Lipinski definition) is 2. The van der Waals surface area contributed by atoms with Gasteiger partial charge in [-0.15, -0.1) is 0 Å². The molecule has 0 aromatic carbocycles. The van der Waals surface area contributed by atoms with Gasteiger partial charge in [0.2, 0.25) is 5.91 Å². The third-order valence-corrected chi connectivity index (χ3v) is 3.06. The fourth-order valence-corrected chi connectivity index (χ4v) is 2.02. The first-order valence-electron chi connectivity index (χ1n) is 5.15. The van der Waals surface area contributed by atoms with Crippen LogP contribution in [0.5, 0.6) is 0 Å². The summed E-state index contributed by atoms with van der Waals surface area (Å²) in [5.74, 6) is 0.0461. The molecule has 1 heterocycles. The normalized spacial score (nSPS) is 21.1. The predicted molar refractivity (Wildman–Crippen MR) is 57.1 cm³/mol. The number of rotatable bonds is 5. The van der Waals surface area contributed by atoms with E-state index in [4.69, 9.17) is 0 Å². The van der Waals surface area contributed by atoms with E-state index in [2.05, 4.69) is 10.6 Å². The van der Waals surface area contributed by atoms with Crippen molar-refractivity contribution in [3.63, 3.8) is 0 Å². The summed E-state index contributed by atoms with van der Waals surface area (Å²) in [6.07, 6.45) is 1.37. The maximum Gasteiger partial charge on any atom is 0.441 e. The second-order valence-electron chi connectivity index (χ2n) is 3.71. The van der Waals surface area contributed by atoms with E-state index in [0.717, 1.165) is 19.5 Å². The molecule has 1 amide bonds. The van der Waals surface area contributed by atoms with Gasteiger partial charge in [-0.2, -0.15) is 13.2 Å². The zero-order valence-corrected chi connectivity index (χ0v) is 9.59. The van der Waals surface area contributed by atoms with Crippen LogP contribution in [0.25, 0.3) is 0 Å². The Labute approximate surface area is 96.5 Å². The molecule has 0 spiro atoms. The Bertz CT molecular complexity index is 229. The highest BCUT2D eigenvalue weighted by Gasteiger charge is 2.27. The van der Waals surface area contributed by atoms with E-state index in [-0.39, 0.29) is 30.0 Å². The van der Waals surface area contributed by atoms with Crippen LogP contribution in [-0.4, -0.2) is 36.8 Å². The summed E-state index contributed by atoms with van der Waals surface area (Å²) in [5, 5.41) is 5.63. The molecule has 16 heavy (non-hydrogen) atoms. The second kappa shape index (κ2) is 6.34. The third kappa shape index (κ3) is 6.22. The maximum absolute atomic E-state index is 11.7. The van der Waals surface area contributed by atoms with Crippen molar-refractivity contribution >= 4 is 17.7 Å². The molecule has 0 aliphatic carbocycles. The highest BCUT2D eigenvalue weighted by Crippen LogP contribution is 2.29. The van der Waals surface area contributed by atoms with Crippen LogP contribution in [0.3, 0.4) is 0 Å². The van der Waals surface area contributed by atoms with E-state index < -0.39 is 5.51 Å². The first-order chi connectivity index (χ1) is 7.47. The number of thioether (sulfide) groups is 1. The van der Waals surface area contributed by atoms with Crippen molar-refractivity contribution in [1.82, 2.24) is 10.6 Å². The summed E-state index contributed by atoms with van der Waals surface area (Å²) in [7, 11) is 0. The van der Waals surface area contributed by atoms with Gasteiger partial charge in [0.15, 0.2) is 0 Å². The quantitative estimate of drug-likeness (QED) is 0.730. The predicted octanol–water partition coefficient (Wildman–Crippen LogP) is 1.36. The maximum atomic E-state index is 11.7. The van der Waals surface area contributed by atoms with Crippen molar-refractivity contribution in [2.45, 2.75) is 18.3 Å². The van der Waals surface area contributed by atoms with Crippen LogP contribution in [0.4, 0.5) is 13.2 Å². The monoisotopic (exact) mass is 256 g/mol. The van der Waals surface area contributed by atoms with Crippen molar-refractivity contribution < 1.29 is 18.0 Å². The van der Waals surface area contributed by atoms with Crippen LogP contribution in [0.1, 0.15) is 12.8 Å². The standard InChI is InChI=1S/C9H15F3N2OS/c10-9(11,12)16-4-3-14-8(15)5-7-1-2-13-6-7/h7,13H,1-6H2,(H,14,15). The SMILES string of the molecule is O=C(CC1CCNC1)NCCSC(F)(F)F. The molecule has 0 aromatic heterocycles. The van der Waals surface area contributed by atoms with E-state index in [0.29, 0.717) is 12.3 Å². The molecule has 0 bridgehead atoms. The molecule has 7 heteroatoms. The van der Waals surface area contributed by atoms with E-state index in [1.54, 1.807) is 0 Å². The average molecular weight is 256 g/mol. The van der Waals surface area contributed by atoms with Crippen LogP contribution in [-0.2, 0) is 4.79 Å². The Kier molecular flexibility index (Phi) is 5.40. The van der Waals surface area contributed by atoms with Gasteiger partial charge < -0.3 is 10.6 Å². The van der Waals surface area contributed by atoms with Gasteiger partial charge in [-0.05, 0) is 37.2 Å². The molecule has 0 radical (unpaired) electrons. The summed E-state index contributed by atoms with van der Waals surface area (Å²) in [6.45, 7) is 1.82. The number of nitrogens with one attached hydrogen (secondary N) is 2. The van der Waals surface area contributed by atoms with Crippen molar-refractivity contribution in [3.05, 3.63) is 0 Å². The lowest BCUT2D eigenvalue weighted by molar-refractivity contribution is -0.121.